The number of amides is 1. The second kappa shape index (κ2) is 8.05. The zero-order valence-corrected chi connectivity index (χ0v) is 9.19. The van der Waals surface area contributed by atoms with Gasteiger partial charge in [0, 0.05) is 6.61 Å². The van der Waals surface area contributed by atoms with E-state index in [-0.39, 0.29) is 18.3 Å². The summed E-state index contributed by atoms with van der Waals surface area (Å²) in [5, 5.41) is 13.9. The number of nitrogens with one attached hydrogen (secondary N) is 1. The fourth-order valence-electron chi connectivity index (χ4n) is 1.00. The summed E-state index contributed by atoms with van der Waals surface area (Å²) in [5.74, 6) is -0.261. The zero-order chi connectivity index (χ0) is 11.7. The van der Waals surface area contributed by atoms with Gasteiger partial charge in [0.1, 0.15) is 6.61 Å². The zero-order valence-electron chi connectivity index (χ0n) is 9.19. The summed E-state index contributed by atoms with van der Waals surface area (Å²) in [6.45, 7) is 4.34. The van der Waals surface area contributed by atoms with Crippen molar-refractivity contribution in [3.8, 4) is 0 Å². The molecule has 0 aliphatic rings. The van der Waals surface area contributed by atoms with Gasteiger partial charge in [0.15, 0.2) is 5.84 Å². The van der Waals surface area contributed by atoms with E-state index >= 15 is 0 Å². The smallest absolute Gasteiger partial charge is 0.246 e. The van der Waals surface area contributed by atoms with Crippen LogP contribution in [0, 0.1) is 0 Å². The van der Waals surface area contributed by atoms with Gasteiger partial charge in [-0.1, -0.05) is 19.0 Å². The maximum atomic E-state index is 11.3. The van der Waals surface area contributed by atoms with Gasteiger partial charge in [-0.05, 0) is 12.8 Å². The van der Waals surface area contributed by atoms with Gasteiger partial charge in [-0.25, -0.2) is 0 Å². The Bertz CT molecular complexity index is 219. The number of nitrogens with two attached hydrogens (primary N) is 1. The SMILES string of the molecule is CCCOCC(=O)NC(CC)C(N)=NO. The summed E-state index contributed by atoms with van der Waals surface area (Å²) in [5.41, 5.74) is 5.38. The summed E-state index contributed by atoms with van der Waals surface area (Å²) >= 11 is 0. The molecule has 0 aliphatic carbocycles. The van der Waals surface area contributed by atoms with Crippen LogP contribution in [0.2, 0.25) is 0 Å². The molecule has 6 heteroatoms. The number of amidine groups is 1. The van der Waals surface area contributed by atoms with Crippen molar-refractivity contribution < 1.29 is 14.7 Å². The molecule has 0 aromatic carbocycles. The van der Waals surface area contributed by atoms with Gasteiger partial charge in [0.05, 0.1) is 6.04 Å². The molecule has 88 valence electrons. The highest BCUT2D eigenvalue weighted by Crippen LogP contribution is 1.91. The van der Waals surface area contributed by atoms with Gasteiger partial charge in [0.2, 0.25) is 5.91 Å². The van der Waals surface area contributed by atoms with Gasteiger partial charge in [-0.15, -0.1) is 0 Å². The molecular formula is C9H19N3O3. The number of nitrogens with zero attached hydrogens (tertiary/aromatic N) is 1. The Balaban J connectivity index is 3.91. The van der Waals surface area contributed by atoms with E-state index in [0.717, 1.165) is 6.42 Å². The van der Waals surface area contributed by atoms with Gasteiger partial charge in [-0.2, -0.15) is 0 Å². The van der Waals surface area contributed by atoms with E-state index < -0.39 is 6.04 Å². The first-order valence-corrected chi connectivity index (χ1v) is 5.00. The predicted octanol–water partition coefficient (Wildman–Crippen LogP) is 0.0542. The van der Waals surface area contributed by atoms with Gasteiger partial charge in [0.25, 0.3) is 0 Å². The molecule has 4 N–H and O–H groups in total. The van der Waals surface area contributed by atoms with Crippen LogP contribution < -0.4 is 11.1 Å². The number of hydrogen-bond donors (Lipinski definition) is 3. The highest BCUT2D eigenvalue weighted by atomic mass is 16.5. The first-order valence-electron chi connectivity index (χ1n) is 5.00. The van der Waals surface area contributed by atoms with Crippen LogP contribution in [0.25, 0.3) is 0 Å². The van der Waals surface area contributed by atoms with Crippen molar-refractivity contribution in [2.45, 2.75) is 32.7 Å². The van der Waals surface area contributed by atoms with Crippen molar-refractivity contribution >= 4 is 11.7 Å². The van der Waals surface area contributed by atoms with Crippen LogP contribution in [0.4, 0.5) is 0 Å². The van der Waals surface area contributed by atoms with E-state index in [1.165, 1.54) is 0 Å². The highest BCUT2D eigenvalue weighted by Gasteiger charge is 2.14. The summed E-state index contributed by atoms with van der Waals surface area (Å²) in [4.78, 5) is 11.3. The number of ether oxygens (including phenoxy) is 1. The van der Waals surface area contributed by atoms with E-state index in [4.69, 9.17) is 15.7 Å². The molecule has 0 heterocycles. The molecule has 1 unspecified atom stereocenters. The Morgan fingerprint density at radius 3 is 2.73 bits per heavy atom. The molecule has 6 nitrogen and oxygen atoms in total. The van der Waals surface area contributed by atoms with Crippen LogP contribution in [0.3, 0.4) is 0 Å². The van der Waals surface area contributed by atoms with Crippen molar-refractivity contribution in [3.63, 3.8) is 0 Å². The average molecular weight is 217 g/mol. The number of carbonyl (C=O) groups is 1. The Morgan fingerprint density at radius 2 is 2.27 bits per heavy atom. The first-order chi connectivity index (χ1) is 7.15. The van der Waals surface area contributed by atoms with Gasteiger partial charge in [-0.3, -0.25) is 4.79 Å². The van der Waals surface area contributed by atoms with Crippen LogP contribution in [0.15, 0.2) is 5.16 Å². The second-order valence-electron chi connectivity index (χ2n) is 3.11. The molecule has 0 saturated carbocycles. The molecule has 0 fully saturated rings. The van der Waals surface area contributed by atoms with E-state index in [2.05, 4.69) is 10.5 Å². The first kappa shape index (κ1) is 13.7. The van der Waals surface area contributed by atoms with E-state index in [1.54, 1.807) is 0 Å². The van der Waals surface area contributed by atoms with Crippen LogP contribution in [-0.2, 0) is 9.53 Å². The molecule has 1 atom stereocenters. The predicted molar refractivity (Wildman–Crippen MR) is 56.7 cm³/mol. The summed E-state index contributed by atoms with van der Waals surface area (Å²) in [6, 6.07) is -0.437. The molecule has 1 amide bonds. The quantitative estimate of drug-likeness (QED) is 0.184. The minimum absolute atomic E-state index is 0.00124. The average Bonchev–Trinajstić information content (AvgIpc) is 2.25. The van der Waals surface area contributed by atoms with Crippen LogP contribution >= 0.6 is 0 Å². The number of carbonyl (C=O) groups excluding carboxylic acids is 1. The third-order valence-corrected chi connectivity index (χ3v) is 1.80. The lowest BCUT2D eigenvalue weighted by Crippen LogP contribution is -2.45. The third kappa shape index (κ3) is 5.90. The van der Waals surface area contributed by atoms with E-state index in [0.29, 0.717) is 13.0 Å². The molecule has 15 heavy (non-hydrogen) atoms. The van der Waals surface area contributed by atoms with Crippen LogP contribution in [0.5, 0.6) is 0 Å². The number of rotatable bonds is 7. The molecule has 0 bridgehead atoms. The fourth-order valence-corrected chi connectivity index (χ4v) is 1.00. The molecule has 0 radical (unpaired) electrons. The molecule has 0 aliphatic heterocycles. The molecular weight excluding hydrogens is 198 g/mol. The largest absolute Gasteiger partial charge is 0.409 e. The van der Waals surface area contributed by atoms with Crippen molar-refractivity contribution in [2.75, 3.05) is 13.2 Å². The Labute approximate surface area is 89.5 Å². The molecule has 0 rings (SSSR count). The Hall–Kier alpha value is -1.30. The Morgan fingerprint density at radius 1 is 1.60 bits per heavy atom. The molecule has 0 spiro atoms. The number of oxime groups is 1. The fraction of sp³-hybridized carbons (Fsp3) is 0.778. The van der Waals surface area contributed by atoms with Gasteiger partial charge < -0.3 is 21.0 Å². The monoisotopic (exact) mass is 217 g/mol. The normalized spacial score (nSPS) is 13.6. The molecule has 0 saturated heterocycles. The summed E-state index contributed by atoms with van der Waals surface area (Å²) in [7, 11) is 0. The van der Waals surface area contributed by atoms with Crippen molar-refractivity contribution in [1.82, 2.24) is 5.32 Å². The van der Waals surface area contributed by atoms with Gasteiger partial charge >= 0.3 is 0 Å². The highest BCUT2D eigenvalue weighted by molar-refractivity contribution is 5.90. The minimum atomic E-state index is -0.437. The lowest BCUT2D eigenvalue weighted by atomic mass is 10.2. The molecule has 0 aromatic heterocycles. The maximum Gasteiger partial charge on any atom is 0.246 e. The Kier molecular flexibility index (Phi) is 7.35. The summed E-state index contributed by atoms with van der Waals surface area (Å²) < 4.78 is 5.05. The van der Waals surface area contributed by atoms with Crippen molar-refractivity contribution in [1.29, 1.82) is 0 Å². The second-order valence-corrected chi connectivity index (χ2v) is 3.11. The molecule has 0 aromatic rings. The van der Waals surface area contributed by atoms with Crippen molar-refractivity contribution in [3.05, 3.63) is 0 Å². The minimum Gasteiger partial charge on any atom is -0.409 e. The van der Waals surface area contributed by atoms with Crippen LogP contribution in [0.1, 0.15) is 26.7 Å². The third-order valence-electron chi connectivity index (χ3n) is 1.80. The summed E-state index contributed by atoms with van der Waals surface area (Å²) in [6.07, 6.45) is 1.43. The van der Waals surface area contributed by atoms with Crippen LogP contribution in [-0.4, -0.2) is 36.2 Å². The number of hydrogen-bond acceptors (Lipinski definition) is 4. The standard InChI is InChI=1S/C9H19N3O3/c1-3-5-15-6-8(13)11-7(4-2)9(10)12-14/h7,14H,3-6H2,1-2H3,(H2,10,12)(H,11,13). The van der Waals surface area contributed by atoms with Crippen molar-refractivity contribution in [2.24, 2.45) is 10.9 Å². The lowest BCUT2D eigenvalue weighted by Gasteiger charge is -2.15. The lowest BCUT2D eigenvalue weighted by molar-refractivity contribution is -0.126. The van der Waals surface area contributed by atoms with E-state index in [1.807, 2.05) is 13.8 Å². The maximum absolute atomic E-state index is 11.3. The van der Waals surface area contributed by atoms with E-state index in [9.17, 15) is 4.79 Å². The topological polar surface area (TPSA) is 96.9 Å².